The maximum atomic E-state index is 13.1. The zero-order valence-electron chi connectivity index (χ0n) is 19.9. The molecule has 0 bridgehead atoms. The van der Waals surface area contributed by atoms with Crippen molar-refractivity contribution in [3.63, 3.8) is 0 Å². The molecule has 1 aliphatic rings. The molecule has 12 heteroatoms. The number of aromatic nitrogens is 1. The molecule has 0 atom stereocenters. The van der Waals surface area contributed by atoms with Crippen molar-refractivity contribution in [2.75, 3.05) is 50.5 Å². The Morgan fingerprint density at radius 2 is 1.81 bits per heavy atom. The summed E-state index contributed by atoms with van der Waals surface area (Å²) in [6.07, 6.45) is -2.98. The Morgan fingerprint density at radius 3 is 2.49 bits per heavy atom. The number of ether oxygens (including phenoxy) is 1. The van der Waals surface area contributed by atoms with Crippen molar-refractivity contribution >= 4 is 32.5 Å². The number of nitrogens with zero attached hydrogens (tertiary/aromatic N) is 2. The summed E-state index contributed by atoms with van der Waals surface area (Å²) in [4.78, 5) is 6.72. The largest absolute Gasteiger partial charge is 0.482 e. The van der Waals surface area contributed by atoms with E-state index in [0.29, 0.717) is 29.9 Å². The number of sulfone groups is 1. The van der Waals surface area contributed by atoms with E-state index in [-0.39, 0.29) is 27.3 Å². The highest BCUT2D eigenvalue weighted by molar-refractivity contribution is 7.91. The molecule has 1 aliphatic heterocycles. The lowest BCUT2D eigenvalue weighted by molar-refractivity contribution is -0.153. The molecule has 1 aromatic heterocycles. The Morgan fingerprint density at radius 1 is 1.08 bits per heavy atom. The van der Waals surface area contributed by atoms with Gasteiger partial charge in [-0.25, -0.2) is 17.2 Å². The number of alkyl halides is 5. The number of aromatic amines is 1. The van der Waals surface area contributed by atoms with E-state index in [1.807, 2.05) is 11.9 Å². The molecule has 0 spiro atoms. The van der Waals surface area contributed by atoms with Crippen LogP contribution < -0.4 is 9.64 Å². The van der Waals surface area contributed by atoms with Gasteiger partial charge in [-0.1, -0.05) is 24.3 Å². The first-order valence-electron chi connectivity index (χ1n) is 11.5. The third-order valence-electron chi connectivity index (χ3n) is 6.12. The van der Waals surface area contributed by atoms with Gasteiger partial charge < -0.3 is 19.5 Å². The van der Waals surface area contributed by atoms with E-state index in [1.165, 1.54) is 30.3 Å². The van der Waals surface area contributed by atoms with Crippen LogP contribution in [0, 0.1) is 0 Å². The number of anilines is 1. The van der Waals surface area contributed by atoms with Gasteiger partial charge in [-0.05, 0) is 36.9 Å². The lowest BCUT2D eigenvalue weighted by atomic mass is 10.1. The molecule has 0 aliphatic carbocycles. The van der Waals surface area contributed by atoms with E-state index in [2.05, 4.69) is 9.88 Å². The monoisotopic (exact) mass is 543 g/mol. The summed E-state index contributed by atoms with van der Waals surface area (Å²) < 4.78 is 95.1. The highest BCUT2D eigenvalue weighted by Crippen LogP contribution is 2.33. The zero-order chi connectivity index (χ0) is 26.8. The van der Waals surface area contributed by atoms with Gasteiger partial charge in [0, 0.05) is 48.8 Å². The fourth-order valence-corrected chi connectivity index (χ4v) is 5.24. The van der Waals surface area contributed by atoms with Crippen LogP contribution in [0.25, 0.3) is 17.0 Å². The van der Waals surface area contributed by atoms with Crippen molar-refractivity contribution in [3.05, 3.63) is 59.8 Å². The van der Waals surface area contributed by atoms with E-state index in [4.69, 9.17) is 4.74 Å². The van der Waals surface area contributed by atoms with Crippen molar-refractivity contribution in [2.45, 2.75) is 17.5 Å². The molecule has 2 aromatic carbocycles. The maximum absolute atomic E-state index is 13.1. The van der Waals surface area contributed by atoms with Gasteiger partial charge in [-0.15, -0.1) is 0 Å². The number of rotatable bonds is 8. The lowest BCUT2D eigenvalue weighted by Crippen LogP contribution is -2.44. The van der Waals surface area contributed by atoms with Crippen molar-refractivity contribution in [2.24, 2.45) is 0 Å². The molecular formula is C25H26F5N3O3S. The van der Waals surface area contributed by atoms with Gasteiger partial charge in [-0.2, -0.15) is 13.2 Å². The average Bonchev–Trinajstić information content (AvgIpc) is 3.27. The number of H-pyrrole nitrogens is 1. The number of nitrogens with one attached hydrogen (secondary N) is 1. The number of piperazine rings is 1. The van der Waals surface area contributed by atoms with Crippen molar-refractivity contribution in [1.29, 1.82) is 0 Å². The molecule has 0 saturated carbocycles. The average molecular weight is 544 g/mol. The highest BCUT2D eigenvalue weighted by atomic mass is 32.2. The summed E-state index contributed by atoms with van der Waals surface area (Å²) in [5, 5.41) is 0.258. The molecule has 0 amide bonds. The van der Waals surface area contributed by atoms with Gasteiger partial charge in [0.1, 0.15) is 5.75 Å². The molecule has 2 heterocycles. The smallest absolute Gasteiger partial charge is 0.422 e. The molecule has 1 N–H and O–H groups in total. The summed E-state index contributed by atoms with van der Waals surface area (Å²) >= 11 is 0. The number of likely N-dealkylation sites (N-methyl/N-ethyl adjacent to an activating group) is 1. The zero-order valence-corrected chi connectivity index (χ0v) is 20.7. The first kappa shape index (κ1) is 26.9. The van der Waals surface area contributed by atoms with Crippen LogP contribution >= 0.6 is 0 Å². The predicted octanol–water partition coefficient (Wildman–Crippen LogP) is 5.29. The van der Waals surface area contributed by atoms with Crippen molar-refractivity contribution in [1.82, 2.24) is 9.88 Å². The molecule has 0 radical (unpaired) electrons. The SMILES string of the molecule is CN1CCN(c2cc(C=CCS(=O)(=O)c3ccc4c(C(F)F)c[nH]c4c3)ccc2OCC(F)(F)F)CC1. The van der Waals surface area contributed by atoms with E-state index in [9.17, 15) is 30.4 Å². The van der Waals surface area contributed by atoms with Crippen LogP contribution in [0.2, 0.25) is 0 Å². The summed E-state index contributed by atoms with van der Waals surface area (Å²) in [5.74, 6) is -0.244. The summed E-state index contributed by atoms with van der Waals surface area (Å²) in [6.45, 7) is 1.27. The molecule has 37 heavy (non-hydrogen) atoms. The van der Waals surface area contributed by atoms with E-state index in [0.717, 1.165) is 19.3 Å². The van der Waals surface area contributed by atoms with Gasteiger partial charge >= 0.3 is 6.18 Å². The summed E-state index contributed by atoms with van der Waals surface area (Å²) in [6, 6.07) is 8.66. The lowest BCUT2D eigenvalue weighted by Gasteiger charge is -2.35. The van der Waals surface area contributed by atoms with Gasteiger partial charge in [0.25, 0.3) is 6.43 Å². The fraction of sp³-hybridized carbons (Fsp3) is 0.360. The molecule has 4 rings (SSSR count). The minimum absolute atomic E-state index is 0.0126. The Bertz CT molecular complexity index is 1380. The fourth-order valence-electron chi connectivity index (χ4n) is 4.12. The second kappa shape index (κ2) is 10.7. The molecule has 0 unspecified atom stereocenters. The summed E-state index contributed by atoms with van der Waals surface area (Å²) in [5.41, 5.74) is 1.21. The number of halogens is 5. The van der Waals surface area contributed by atoms with Crippen LogP contribution in [0.4, 0.5) is 27.6 Å². The Hall–Kier alpha value is -3.12. The molecule has 1 fully saturated rings. The second-order valence-corrected chi connectivity index (χ2v) is 10.9. The van der Waals surface area contributed by atoms with E-state index in [1.54, 1.807) is 18.2 Å². The van der Waals surface area contributed by atoms with Gasteiger partial charge in [-0.3, -0.25) is 0 Å². The van der Waals surface area contributed by atoms with Gasteiger partial charge in [0.2, 0.25) is 0 Å². The van der Waals surface area contributed by atoms with Crippen LogP contribution in [0.3, 0.4) is 0 Å². The minimum Gasteiger partial charge on any atom is -0.482 e. The molecule has 200 valence electrons. The number of hydrogen-bond donors (Lipinski definition) is 1. The number of hydrogen-bond acceptors (Lipinski definition) is 5. The Kier molecular flexibility index (Phi) is 7.79. The molecule has 3 aromatic rings. The minimum atomic E-state index is -4.48. The van der Waals surface area contributed by atoms with Crippen molar-refractivity contribution < 1.29 is 35.1 Å². The van der Waals surface area contributed by atoms with E-state index < -0.39 is 29.0 Å². The summed E-state index contributed by atoms with van der Waals surface area (Å²) in [7, 11) is -1.80. The number of benzene rings is 2. The second-order valence-electron chi connectivity index (χ2n) is 8.86. The van der Waals surface area contributed by atoms with Gasteiger partial charge in [0.05, 0.1) is 16.3 Å². The normalized spacial score (nSPS) is 15.8. The topological polar surface area (TPSA) is 65.6 Å². The van der Waals surface area contributed by atoms with Crippen LogP contribution in [0.15, 0.2) is 53.6 Å². The predicted molar refractivity (Wildman–Crippen MR) is 132 cm³/mol. The van der Waals surface area contributed by atoms with Crippen LogP contribution in [-0.4, -0.2) is 70.1 Å². The quantitative estimate of drug-likeness (QED) is 0.392. The van der Waals surface area contributed by atoms with Crippen molar-refractivity contribution in [3.8, 4) is 5.75 Å². The first-order valence-corrected chi connectivity index (χ1v) is 13.1. The standard InChI is InChI=1S/C25H26F5N3O3S/c1-32-8-10-33(11-9-32)22-13-17(4-7-23(22)36-16-25(28,29)30)3-2-12-37(34,35)18-5-6-19-20(24(26)27)15-31-21(19)14-18/h2-7,13-15,24,31H,8-12,16H2,1H3. The van der Waals surface area contributed by atoms with Crippen LogP contribution in [0.5, 0.6) is 5.75 Å². The highest BCUT2D eigenvalue weighted by Gasteiger charge is 2.29. The molecular weight excluding hydrogens is 517 g/mol. The third kappa shape index (κ3) is 6.61. The first-order chi connectivity index (χ1) is 17.4. The van der Waals surface area contributed by atoms with E-state index >= 15 is 0 Å². The Labute approximate surface area is 211 Å². The Balaban J connectivity index is 1.52. The maximum Gasteiger partial charge on any atom is 0.422 e. The number of fused-ring (bicyclic) bond motifs is 1. The van der Waals surface area contributed by atoms with Crippen LogP contribution in [-0.2, 0) is 9.84 Å². The van der Waals surface area contributed by atoms with Crippen LogP contribution in [0.1, 0.15) is 17.6 Å². The third-order valence-corrected chi connectivity index (χ3v) is 7.73. The molecule has 6 nitrogen and oxygen atoms in total. The molecule has 1 saturated heterocycles. The van der Waals surface area contributed by atoms with Gasteiger partial charge in [0.15, 0.2) is 16.4 Å².